The third kappa shape index (κ3) is 4.59. The number of amides is 1. The molecule has 6 nitrogen and oxygen atoms in total. The Hall–Kier alpha value is -3.84. The largest absolute Gasteiger partial charge is 0.427 e. The zero-order valence-electron chi connectivity index (χ0n) is 16.0. The van der Waals surface area contributed by atoms with Crippen LogP contribution in [0.1, 0.15) is 17.3 Å². The Bertz CT molecular complexity index is 1210. The molecule has 2 aromatic heterocycles. The number of hydrogen-bond acceptors (Lipinski definition) is 6. The summed E-state index contributed by atoms with van der Waals surface area (Å²) in [7, 11) is 0. The summed E-state index contributed by atoms with van der Waals surface area (Å²) < 4.78 is 5.04. The molecule has 1 N–H and O–H groups in total. The van der Waals surface area contributed by atoms with Gasteiger partial charge in [0.1, 0.15) is 10.8 Å². The molecular weight excluding hydrogens is 398 g/mol. The fraction of sp³-hybridized carbons (Fsp3) is 0.0435. The monoisotopic (exact) mass is 415 g/mol. The van der Waals surface area contributed by atoms with Gasteiger partial charge in [-0.15, -0.1) is 11.3 Å². The minimum Gasteiger partial charge on any atom is -0.427 e. The standard InChI is InChI=1S/C23H17N3O3S/c1-15(27)29-19-9-5-7-17(13-19)22(28)25-18-8-4-6-16(12-18)21-14-30-23(26-21)20-10-2-3-11-24-20/h2-14H,1H3,(H,25,28). The quantitative estimate of drug-likeness (QED) is 0.364. The van der Waals surface area contributed by atoms with E-state index in [4.69, 9.17) is 4.74 Å². The van der Waals surface area contributed by atoms with Gasteiger partial charge in [-0.3, -0.25) is 14.6 Å². The van der Waals surface area contributed by atoms with Crippen LogP contribution in [0.5, 0.6) is 5.75 Å². The van der Waals surface area contributed by atoms with Crippen molar-refractivity contribution in [3.05, 3.63) is 83.9 Å². The summed E-state index contributed by atoms with van der Waals surface area (Å²) in [5.74, 6) is -0.407. The summed E-state index contributed by atoms with van der Waals surface area (Å²) in [5, 5.41) is 5.67. The molecule has 4 aromatic rings. The van der Waals surface area contributed by atoms with E-state index in [2.05, 4.69) is 15.3 Å². The Morgan fingerprint density at radius 2 is 1.83 bits per heavy atom. The van der Waals surface area contributed by atoms with E-state index >= 15 is 0 Å². The highest BCUT2D eigenvalue weighted by molar-refractivity contribution is 7.13. The van der Waals surface area contributed by atoms with E-state index in [9.17, 15) is 9.59 Å². The minimum atomic E-state index is -0.436. The highest BCUT2D eigenvalue weighted by Gasteiger charge is 2.11. The molecule has 0 bridgehead atoms. The zero-order chi connectivity index (χ0) is 20.9. The van der Waals surface area contributed by atoms with Crippen LogP contribution in [0.2, 0.25) is 0 Å². The first-order valence-electron chi connectivity index (χ1n) is 9.16. The number of nitrogens with zero attached hydrogens (tertiary/aromatic N) is 2. The summed E-state index contributed by atoms with van der Waals surface area (Å²) in [6.07, 6.45) is 1.74. The van der Waals surface area contributed by atoms with E-state index in [0.29, 0.717) is 17.0 Å². The molecule has 0 saturated heterocycles. The Labute approximate surface area is 177 Å². The van der Waals surface area contributed by atoms with Gasteiger partial charge in [0.15, 0.2) is 0 Å². The van der Waals surface area contributed by atoms with Gasteiger partial charge in [0.05, 0.1) is 11.4 Å². The number of nitrogens with one attached hydrogen (secondary N) is 1. The summed E-state index contributed by atoms with van der Waals surface area (Å²) >= 11 is 1.52. The smallest absolute Gasteiger partial charge is 0.308 e. The zero-order valence-corrected chi connectivity index (χ0v) is 16.8. The normalized spacial score (nSPS) is 10.4. The second kappa shape index (κ2) is 8.67. The van der Waals surface area contributed by atoms with Gasteiger partial charge in [0.25, 0.3) is 5.91 Å². The van der Waals surface area contributed by atoms with Crippen molar-refractivity contribution in [1.82, 2.24) is 9.97 Å². The van der Waals surface area contributed by atoms with Crippen LogP contribution in [0.25, 0.3) is 22.0 Å². The summed E-state index contributed by atoms with van der Waals surface area (Å²) in [6.45, 7) is 1.32. The number of esters is 1. The van der Waals surface area contributed by atoms with Gasteiger partial charge in [-0.1, -0.05) is 24.3 Å². The molecule has 0 aliphatic rings. The van der Waals surface area contributed by atoms with Crippen molar-refractivity contribution in [2.75, 3.05) is 5.32 Å². The lowest BCUT2D eigenvalue weighted by atomic mass is 10.1. The number of anilines is 1. The molecule has 0 unspecified atom stereocenters. The number of ether oxygens (including phenoxy) is 1. The average Bonchev–Trinajstić information content (AvgIpc) is 3.25. The van der Waals surface area contributed by atoms with E-state index < -0.39 is 5.97 Å². The molecule has 1 amide bonds. The maximum absolute atomic E-state index is 12.6. The highest BCUT2D eigenvalue weighted by Crippen LogP contribution is 2.29. The van der Waals surface area contributed by atoms with Crippen LogP contribution in [0.15, 0.2) is 78.3 Å². The van der Waals surface area contributed by atoms with Gasteiger partial charge in [-0.2, -0.15) is 0 Å². The van der Waals surface area contributed by atoms with Crippen molar-refractivity contribution in [3.8, 4) is 27.7 Å². The molecule has 0 fully saturated rings. The molecule has 30 heavy (non-hydrogen) atoms. The van der Waals surface area contributed by atoms with Crippen molar-refractivity contribution in [2.24, 2.45) is 0 Å². The first kappa shape index (κ1) is 19.5. The molecular formula is C23H17N3O3S. The van der Waals surface area contributed by atoms with Crippen LogP contribution < -0.4 is 10.1 Å². The maximum atomic E-state index is 12.6. The first-order chi connectivity index (χ1) is 14.6. The fourth-order valence-corrected chi connectivity index (χ4v) is 3.64. The van der Waals surface area contributed by atoms with Gasteiger partial charge in [0.2, 0.25) is 0 Å². The van der Waals surface area contributed by atoms with Gasteiger partial charge in [-0.25, -0.2) is 4.98 Å². The number of aromatic nitrogens is 2. The van der Waals surface area contributed by atoms with Crippen molar-refractivity contribution in [2.45, 2.75) is 6.92 Å². The van der Waals surface area contributed by atoms with Crippen LogP contribution in [0.4, 0.5) is 5.69 Å². The number of carbonyl (C=O) groups is 2. The van der Waals surface area contributed by atoms with Crippen molar-refractivity contribution in [1.29, 1.82) is 0 Å². The molecule has 0 spiro atoms. The summed E-state index contributed by atoms with van der Waals surface area (Å²) in [4.78, 5) is 32.7. The molecule has 0 saturated carbocycles. The van der Waals surface area contributed by atoms with Crippen LogP contribution in [-0.4, -0.2) is 21.8 Å². The number of rotatable bonds is 5. The molecule has 2 heterocycles. The lowest BCUT2D eigenvalue weighted by Crippen LogP contribution is -2.12. The fourth-order valence-electron chi connectivity index (χ4n) is 2.84. The van der Waals surface area contributed by atoms with E-state index in [1.807, 2.05) is 47.8 Å². The summed E-state index contributed by atoms with van der Waals surface area (Å²) in [5.41, 5.74) is 3.56. The number of carbonyl (C=O) groups excluding carboxylic acids is 2. The Kier molecular flexibility index (Phi) is 5.63. The lowest BCUT2D eigenvalue weighted by molar-refractivity contribution is -0.131. The van der Waals surface area contributed by atoms with Gasteiger partial charge < -0.3 is 10.1 Å². The molecule has 0 aliphatic carbocycles. The highest BCUT2D eigenvalue weighted by atomic mass is 32.1. The maximum Gasteiger partial charge on any atom is 0.308 e. The van der Waals surface area contributed by atoms with Gasteiger partial charge in [0, 0.05) is 35.3 Å². The number of thiazole rings is 1. The summed E-state index contributed by atoms with van der Waals surface area (Å²) in [6, 6.07) is 19.7. The van der Waals surface area contributed by atoms with Gasteiger partial charge >= 0.3 is 5.97 Å². The topological polar surface area (TPSA) is 81.2 Å². The minimum absolute atomic E-state index is 0.298. The molecule has 2 aromatic carbocycles. The van der Waals surface area contributed by atoms with E-state index in [0.717, 1.165) is 22.0 Å². The van der Waals surface area contributed by atoms with Crippen LogP contribution in [0.3, 0.4) is 0 Å². The van der Waals surface area contributed by atoms with Crippen LogP contribution >= 0.6 is 11.3 Å². The number of hydrogen-bond donors (Lipinski definition) is 1. The van der Waals surface area contributed by atoms with Crippen LogP contribution in [-0.2, 0) is 4.79 Å². The number of pyridine rings is 1. The molecule has 148 valence electrons. The van der Waals surface area contributed by atoms with Crippen molar-refractivity contribution in [3.63, 3.8) is 0 Å². The molecule has 0 radical (unpaired) electrons. The second-order valence-corrected chi connectivity index (χ2v) is 7.27. The third-order valence-electron chi connectivity index (χ3n) is 4.16. The van der Waals surface area contributed by atoms with E-state index in [-0.39, 0.29) is 5.91 Å². The predicted molar refractivity (Wildman–Crippen MR) is 116 cm³/mol. The van der Waals surface area contributed by atoms with E-state index in [1.54, 1.807) is 24.4 Å². The van der Waals surface area contributed by atoms with Gasteiger partial charge in [-0.05, 0) is 42.5 Å². The lowest BCUT2D eigenvalue weighted by Gasteiger charge is -2.08. The second-order valence-electron chi connectivity index (χ2n) is 6.41. The predicted octanol–water partition coefficient (Wildman–Crippen LogP) is 5.05. The first-order valence-corrected chi connectivity index (χ1v) is 10.0. The van der Waals surface area contributed by atoms with Crippen molar-refractivity contribution >= 4 is 28.9 Å². The Morgan fingerprint density at radius 1 is 0.967 bits per heavy atom. The Balaban J connectivity index is 1.52. The molecule has 7 heteroatoms. The average molecular weight is 415 g/mol. The number of benzene rings is 2. The molecule has 0 aliphatic heterocycles. The van der Waals surface area contributed by atoms with E-state index in [1.165, 1.54) is 24.3 Å². The third-order valence-corrected chi connectivity index (χ3v) is 5.03. The molecule has 4 rings (SSSR count). The Morgan fingerprint density at radius 3 is 2.63 bits per heavy atom. The van der Waals surface area contributed by atoms with Crippen molar-refractivity contribution < 1.29 is 14.3 Å². The van der Waals surface area contributed by atoms with Crippen LogP contribution in [0, 0.1) is 0 Å². The molecule has 0 atom stereocenters. The SMILES string of the molecule is CC(=O)Oc1cccc(C(=O)Nc2cccc(-c3csc(-c4ccccn4)n3)c2)c1.